The van der Waals surface area contributed by atoms with Crippen LogP contribution in [0, 0.1) is 0 Å². The fourth-order valence-corrected chi connectivity index (χ4v) is 2.65. The van der Waals surface area contributed by atoms with Gasteiger partial charge in [-0.15, -0.1) is 0 Å². The highest BCUT2D eigenvalue weighted by molar-refractivity contribution is 6.07. The number of benzene rings is 1. The van der Waals surface area contributed by atoms with Crippen LogP contribution in [-0.4, -0.2) is 44.6 Å². The molecule has 0 aromatic heterocycles. The van der Waals surface area contributed by atoms with E-state index in [1.807, 2.05) is 0 Å². The van der Waals surface area contributed by atoms with E-state index >= 15 is 0 Å². The molecule has 2 aliphatic heterocycles. The highest BCUT2D eigenvalue weighted by atomic mass is 16.5. The normalized spacial score (nSPS) is 17.2. The highest BCUT2D eigenvalue weighted by Crippen LogP contribution is 2.30. The van der Waals surface area contributed by atoms with Gasteiger partial charge in [-0.3, -0.25) is 19.8 Å². The van der Waals surface area contributed by atoms with Crippen LogP contribution in [0.3, 0.4) is 0 Å². The van der Waals surface area contributed by atoms with E-state index in [0.29, 0.717) is 11.4 Å². The minimum absolute atomic E-state index is 0.190. The van der Waals surface area contributed by atoms with Crippen LogP contribution in [0.5, 0.6) is 5.75 Å². The van der Waals surface area contributed by atoms with Crippen molar-refractivity contribution in [2.75, 3.05) is 31.6 Å². The maximum Gasteiger partial charge on any atom is 0.328 e. The summed E-state index contributed by atoms with van der Waals surface area (Å²) in [5.74, 6) is -0.502. The zero-order chi connectivity index (χ0) is 18.2. The zero-order valence-electron chi connectivity index (χ0n) is 14.3. The lowest BCUT2D eigenvalue weighted by Gasteiger charge is -2.28. The van der Waals surface area contributed by atoms with E-state index in [2.05, 4.69) is 10.6 Å². The molecular weight excluding hydrogens is 324 g/mol. The van der Waals surface area contributed by atoms with Gasteiger partial charge in [-0.05, 0) is 44.1 Å². The summed E-state index contributed by atoms with van der Waals surface area (Å²) in [5.41, 5.74) is 5.88. The van der Waals surface area contributed by atoms with Gasteiger partial charge in [0.25, 0.3) is 0 Å². The number of rotatable bonds is 3. The van der Waals surface area contributed by atoms with E-state index in [1.165, 1.54) is 56.5 Å². The maximum atomic E-state index is 11.8. The number of amides is 4. The molecule has 2 saturated heterocycles. The van der Waals surface area contributed by atoms with Crippen molar-refractivity contribution < 1.29 is 19.1 Å². The number of primary amides is 1. The molecule has 8 nitrogen and oxygen atoms in total. The van der Waals surface area contributed by atoms with E-state index in [1.54, 1.807) is 6.07 Å². The van der Waals surface area contributed by atoms with Crippen molar-refractivity contribution in [3.05, 3.63) is 23.8 Å². The molecule has 0 spiro atoms. The van der Waals surface area contributed by atoms with Crippen molar-refractivity contribution in [1.82, 2.24) is 10.6 Å². The maximum absolute atomic E-state index is 11.8. The first-order chi connectivity index (χ1) is 12.0. The average Bonchev–Trinajstić information content (AvgIpc) is 2.63. The largest absolute Gasteiger partial charge is 0.495 e. The number of ether oxygens (including phenoxy) is 1. The second-order valence-corrected chi connectivity index (χ2v) is 5.82. The van der Waals surface area contributed by atoms with Gasteiger partial charge in [0, 0.05) is 18.5 Å². The number of nitrogens with two attached hydrogens (primary N) is 1. The first kappa shape index (κ1) is 18.7. The zero-order valence-corrected chi connectivity index (χ0v) is 14.3. The molecule has 0 aliphatic carbocycles. The summed E-state index contributed by atoms with van der Waals surface area (Å²) >= 11 is 0. The third kappa shape index (κ3) is 5.18. The molecule has 25 heavy (non-hydrogen) atoms. The summed E-state index contributed by atoms with van der Waals surface area (Å²) in [6.45, 7) is 2.73. The average molecular weight is 348 g/mol. The lowest BCUT2D eigenvalue weighted by molar-refractivity contribution is -0.120. The number of methoxy groups -OCH3 is 1. The van der Waals surface area contributed by atoms with E-state index < -0.39 is 11.9 Å². The lowest BCUT2D eigenvalue weighted by Crippen LogP contribution is -2.49. The van der Waals surface area contributed by atoms with Crippen molar-refractivity contribution in [3.63, 3.8) is 0 Å². The van der Waals surface area contributed by atoms with Gasteiger partial charge in [0.05, 0.1) is 12.8 Å². The summed E-state index contributed by atoms with van der Waals surface area (Å²) < 4.78 is 5.15. The van der Waals surface area contributed by atoms with Crippen LogP contribution >= 0.6 is 0 Å². The third-order valence-corrected chi connectivity index (χ3v) is 4.02. The van der Waals surface area contributed by atoms with Crippen LogP contribution in [0.15, 0.2) is 18.2 Å². The quantitative estimate of drug-likeness (QED) is 0.754. The molecule has 1 aromatic carbocycles. The highest BCUT2D eigenvalue weighted by Gasteiger charge is 2.26. The van der Waals surface area contributed by atoms with Gasteiger partial charge in [0.1, 0.15) is 5.75 Å². The van der Waals surface area contributed by atoms with E-state index in [4.69, 9.17) is 10.5 Å². The molecule has 136 valence electrons. The van der Waals surface area contributed by atoms with Gasteiger partial charge < -0.3 is 15.8 Å². The summed E-state index contributed by atoms with van der Waals surface area (Å²) in [6.07, 6.45) is 4.41. The van der Waals surface area contributed by atoms with Gasteiger partial charge in [0.2, 0.25) is 11.8 Å². The second-order valence-electron chi connectivity index (χ2n) is 5.82. The third-order valence-electron chi connectivity index (χ3n) is 4.02. The molecule has 2 heterocycles. The SMILES string of the molecule is C1CCNCC1.COc1ccc(C(N)=O)cc1N1CCC(=O)NC1=O. The van der Waals surface area contributed by atoms with Crippen LogP contribution in [-0.2, 0) is 4.79 Å². The Labute approximate surface area is 146 Å². The number of hydrogen-bond acceptors (Lipinski definition) is 5. The topological polar surface area (TPSA) is 114 Å². The number of urea groups is 1. The summed E-state index contributed by atoms with van der Waals surface area (Å²) in [5, 5.41) is 5.49. The molecule has 8 heteroatoms. The molecule has 2 aliphatic rings. The van der Waals surface area contributed by atoms with Gasteiger partial charge in [0.15, 0.2) is 0 Å². The predicted molar refractivity (Wildman–Crippen MR) is 93.7 cm³/mol. The molecule has 0 saturated carbocycles. The van der Waals surface area contributed by atoms with Crippen molar-refractivity contribution in [2.45, 2.75) is 25.7 Å². The van der Waals surface area contributed by atoms with Gasteiger partial charge in [-0.2, -0.15) is 0 Å². The Morgan fingerprint density at radius 1 is 1.20 bits per heavy atom. The number of hydrogen-bond donors (Lipinski definition) is 3. The molecular formula is C17H24N4O4. The molecule has 4 amide bonds. The fraction of sp³-hybridized carbons (Fsp3) is 0.471. The summed E-state index contributed by atoms with van der Waals surface area (Å²) in [7, 11) is 1.45. The summed E-state index contributed by atoms with van der Waals surface area (Å²) in [4.78, 5) is 35.4. The smallest absolute Gasteiger partial charge is 0.328 e. The molecule has 0 unspecified atom stereocenters. The lowest BCUT2D eigenvalue weighted by atomic mass is 10.1. The Hall–Kier alpha value is -2.61. The van der Waals surface area contributed by atoms with E-state index in [0.717, 1.165) is 0 Å². The number of imide groups is 1. The fourth-order valence-electron chi connectivity index (χ4n) is 2.65. The standard InChI is InChI=1S/C12H13N3O4.C5H11N/c1-19-9-3-2-7(11(13)17)6-8(9)15-5-4-10(16)14-12(15)18;1-2-4-6-5-3-1/h2-3,6H,4-5H2,1H3,(H2,13,17)(H,14,16,18);6H,1-5H2. The van der Waals surface area contributed by atoms with Crippen LogP contribution in [0.4, 0.5) is 10.5 Å². The first-order valence-electron chi connectivity index (χ1n) is 8.33. The minimum Gasteiger partial charge on any atom is -0.495 e. The number of carbonyl (C=O) groups is 3. The van der Waals surface area contributed by atoms with Gasteiger partial charge in [-0.1, -0.05) is 6.42 Å². The van der Waals surface area contributed by atoms with Crippen LogP contribution in [0.25, 0.3) is 0 Å². The predicted octanol–water partition coefficient (Wildman–Crippen LogP) is 1.00. The van der Waals surface area contributed by atoms with Crippen molar-refractivity contribution >= 4 is 23.5 Å². The molecule has 3 rings (SSSR count). The Morgan fingerprint density at radius 3 is 2.40 bits per heavy atom. The van der Waals surface area contributed by atoms with Crippen molar-refractivity contribution in [3.8, 4) is 5.75 Å². The first-order valence-corrected chi connectivity index (χ1v) is 8.33. The van der Waals surface area contributed by atoms with Crippen LogP contribution < -0.4 is 26.0 Å². The molecule has 4 N–H and O–H groups in total. The number of carbonyl (C=O) groups excluding carboxylic acids is 3. The Balaban J connectivity index is 0.000000316. The monoisotopic (exact) mass is 348 g/mol. The number of anilines is 1. The van der Waals surface area contributed by atoms with Gasteiger partial charge in [-0.25, -0.2) is 4.79 Å². The minimum atomic E-state index is -0.600. The van der Waals surface area contributed by atoms with E-state index in [9.17, 15) is 14.4 Å². The second kappa shape index (κ2) is 9.03. The van der Waals surface area contributed by atoms with Crippen molar-refractivity contribution in [1.29, 1.82) is 0 Å². The Kier molecular flexibility index (Phi) is 6.76. The number of piperidine rings is 1. The van der Waals surface area contributed by atoms with Gasteiger partial charge >= 0.3 is 6.03 Å². The molecule has 2 fully saturated rings. The van der Waals surface area contributed by atoms with Crippen LogP contribution in [0.1, 0.15) is 36.0 Å². The molecule has 0 atom stereocenters. The number of nitrogens with one attached hydrogen (secondary N) is 2. The van der Waals surface area contributed by atoms with E-state index in [-0.39, 0.29) is 24.4 Å². The molecule has 0 radical (unpaired) electrons. The Bertz CT molecular complexity index is 632. The molecule has 1 aromatic rings. The Morgan fingerprint density at radius 2 is 1.92 bits per heavy atom. The molecule has 0 bridgehead atoms. The van der Waals surface area contributed by atoms with Crippen molar-refractivity contribution in [2.24, 2.45) is 5.73 Å². The number of nitrogens with zero attached hydrogens (tertiary/aromatic N) is 1. The summed E-state index contributed by atoms with van der Waals surface area (Å²) in [6, 6.07) is 3.99. The van der Waals surface area contributed by atoms with Crippen LogP contribution in [0.2, 0.25) is 0 Å².